The smallest absolute Gasteiger partial charge is 0.163 e. The van der Waals surface area contributed by atoms with Gasteiger partial charge in [0.2, 0.25) is 0 Å². The zero-order valence-electron chi connectivity index (χ0n) is 9.87. The van der Waals surface area contributed by atoms with Crippen LogP contribution in [0, 0.1) is 18.6 Å². The molecule has 2 aromatic carbocycles. The summed E-state index contributed by atoms with van der Waals surface area (Å²) in [6.07, 6.45) is 0. The fourth-order valence-corrected chi connectivity index (χ4v) is 1.65. The maximum Gasteiger partial charge on any atom is 0.163 e. The predicted octanol–water partition coefficient (Wildman–Crippen LogP) is 3.59. The Bertz CT molecular complexity index is 570. The average molecular weight is 249 g/mol. The molecule has 0 aliphatic rings. The van der Waals surface area contributed by atoms with Gasteiger partial charge in [-0.25, -0.2) is 8.78 Å². The van der Waals surface area contributed by atoms with E-state index in [2.05, 4.69) is 5.32 Å². The first-order chi connectivity index (χ1) is 8.58. The molecule has 0 aliphatic heterocycles. The molecule has 2 rings (SSSR count). The molecule has 0 radical (unpaired) electrons. The number of hydrogen-bond acceptors (Lipinski definition) is 2. The lowest BCUT2D eigenvalue weighted by Crippen LogP contribution is -2.03. The molecule has 0 saturated carbocycles. The summed E-state index contributed by atoms with van der Waals surface area (Å²) in [5.74, 6) is -1.48. The van der Waals surface area contributed by atoms with Crippen LogP contribution in [0.5, 0.6) is 5.75 Å². The second-order valence-electron chi connectivity index (χ2n) is 4.07. The number of nitrogens with one attached hydrogen (secondary N) is 1. The third kappa shape index (κ3) is 2.59. The van der Waals surface area contributed by atoms with Crippen molar-refractivity contribution in [3.05, 3.63) is 59.2 Å². The predicted molar refractivity (Wildman–Crippen MR) is 66.5 cm³/mol. The zero-order chi connectivity index (χ0) is 13.1. The number of phenolic OH excluding ortho intramolecular Hbond substituents is 1. The van der Waals surface area contributed by atoms with Gasteiger partial charge in [-0.2, -0.15) is 0 Å². The Kier molecular flexibility index (Phi) is 3.46. The largest absolute Gasteiger partial charge is 0.508 e. The topological polar surface area (TPSA) is 32.3 Å². The standard InChI is InChI=1S/C14H13F2NO/c1-9-7-11(5-6-13(9)18)17-8-10-3-2-4-12(15)14(10)16/h2-7,17-18H,8H2,1H3. The van der Waals surface area contributed by atoms with Gasteiger partial charge in [0.1, 0.15) is 5.75 Å². The Morgan fingerprint density at radius 3 is 2.67 bits per heavy atom. The van der Waals surface area contributed by atoms with Crippen molar-refractivity contribution in [2.24, 2.45) is 0 Å². The number of aryl methyl sites for hydroxylation is 1. The molecule has 0 bridgehead atoms. The number of hydrogen-bond donors (Lipinski definition) is 2. The van der Waals surface area contributed by atoms with Gasteiger partial charge in [0.05, 0.1) is 0 Å². The van der Waals surface area contributed by atoms with Gasteiger partial charge in [0.25, 0.3) is 0 Å². The molecule has 0 amide bonds. The summed E-state index contributed by atoms with van der Waals surface area (Å²) in [4.78, 5) is 0. The van der Waals surface area contributed by atoms with Crippen LogP contribution in [0.1, 0.15) is 11.1 Å². The summed E-state index contributed by atoms with van der Waals surface area (Å²) in [6.45, 7) is 1.96. The molecule has 0 fully saturated rings. The molecule has 2 nitrogen and oxygen atoms in total. The molecular weight excluding hydrogens is 236 g/mol. The van der Waals surface area contributed by atoms with Crippen LogP contribution in [-0.4, -0.2) is 5.11 Å². The Morgan fingerprint density at radius 1 is 1.17 bits per heavy atom. The van der Waals surface area contributed by atoms with E-state index in [4.69, 9.17) is 0 Å². The quantitative estimate of drug-likeness (QED) is 0.815. The van der Waals surface area contributed by atoms with Crippen molar-refractivity contribution in [3.63, 3.8) is 0 Å². The SMILES string of the molecule is Cc1cc(NCc2cccc(F)c2F)ccc1O. The summed E-state index contributed by atoms with van der Waals surface area (Å²) in [5, 5.41) is 12.4. The van der Waals surface area contributed by atoms with Crippen LogP contribution in [0.2, 0.25) is 0 Å². The summed E-state index contributed by atoms with van der Waals surface area (Å²) < 4.78 is 26.4. The van der Waals surface area contributed by atoms with Crippen molar-refractivity contribution in [1.29, 1.82) is 0 Å². The summed E-state index contributed by atoms with van der Waals surface area (Å²) in [5.41, 5.74) is 1.73. The van der Waals surface area contributed by atoms with E-state index in [1.807, 2.05) is 0 Å². The minimum absolute atomic E-state index is 0.188. The highest BCUT2D eigenvalue weighted by Crippen LogP contribution is 2.21. The first-order valence-electron chi connectivity index (χ1n) is 5.54. The van der Waals surface area contributed by atoms with E-state index in [0.717, 1.165) is 17.3 Å². The van der Waals surface area contributed by atoms with Crippen LogP contribution in [0.25, 0.3) is 0 Å². The van der Waals surface area contributed by atoms with Gasteiger partial charge in [-0.15, -0.1) is 0 Å². The van der Waals surface area contributed by atoms with Crippen molar-refractivity contribution in [2.45, 2.75) is 13.5 Å². The molecule has 94 valence electrons. The van der Waals surface area contributed by atoms with Gasteiger partial charge >= 0.3 is 0 Å². The molecule has 2 aromatic rings. The van der Waals surface area contributed by atoms with E-state index in [9.17, 15) is 13.9 Å². The molecule has 0 aliphatic carbocycles. The molecule has 0 aromatic heterocycles. The number of rotatable bonds is 3. The molecule has 0 saturated heterocycles. The lowest BCUT2D eigenvalue weighted by Gasteiger charge is -2.09. The first kappa shape index (κ1) is 12.4. The van der Waals surface area contributed by atoms with Crippen molar-refractivity contribution in [3.8, 4) is 5.75 Å². The first-order valence-corrected chi connectivity index (χ1v) is 5.54. The van der Waals surface area contributed by atoms with Crippen molar-refractivity contribution >= 4 is 5.69 Å². The Labute approximate surface area is 104 Å². The highest BCUT2D eigenvalue weighted by molar-refractivity contribution is 5.50. The van der Waals surface area contributed by atoms with Crippen LogP contribution >= 0.6 is 0 Å². The molecule has 4 heteroatoms. The van der Waals surface area contributed by atoms with E-state index in [1.165, 1.54) is 12.1 Å². The average Bonchev–Trinajstić information content (AvgIpc) is 2.35. The molecule has 2 N–H and O–H groups in total. The number of phenols is 1. The lowest BCUT2D eigenvalue weighted by molar-refractivity contribution is 0.471. The monoisotopic (exact) mass is 249 g/mol. The Morgan fingerprint density at radius 2 is 1.94 bits per heavy atom. The second kappa shape index (κ2) is 5.04. The minimum atomic E-state index is -0.851. The van der Waals surface area contributed by atoms with Crippen LogP contribution < -0.4 is 5.32 Å². The Balaban J connectivity index is 2.11. The van der Waals surface area contributed by atoms with Crippen molar-refractivity contribution in [1.82, 2.24) is 0 Å². The van der Waals surface area contributed by atoms with E-state index < -0.39 is 11.6 Å². The third-order valence-corrected chi connectivity index (χ3v) is 2.71. The van der Waals surface area contributed by atoms with Crippen LogP contribution in [0.4, 0.5) is 14.5 Å². The van der Waals surface area contributed by atoms with E-state index in [0.29, 0.717) is 0 Å². The van der Waals surface area contributed by atoms with Crippen LogP contribution in [0.15, 0.2) is 36.4 Å². The van der Waals surface area contributed by atoms with Gasteiger partial charge in [0.15, 0.2) is 11.6 Å². The molecule has 0 atom stereocenters. The maximum absolute atomic E-state index is 13.4. The van der Waals surface area contributed by atoms with Crippen molar-refractivity contribution < 1.29 is 13.9 Å². The zero-order valence-corrected chi connectivity index (χ0v) is 9.87. The highest BCUT2D eigenvalue weighted by atomic mass is 19.2. The molecule has 0 unspecified atom stereocenters. The van der Waals surface area contributed by atoms with Gasteiger partial charge < -0.3 is 10.4 Å². The van der Waals surface area contributed by atoms with Crippen LogP contribution in [-0.2, 0) is 6.54 Å². The fourth-order valence-electron chi connectivity index (χ4n) is 1.65. The number of benzene rings is 2. The van der Waals surface area contributed by atoms with Gasteiger partial charge in [-0.05, 0) is 36.8 Å². The minimum Gasteiger partial charge on any atom is -0.508 e. The Hall–Kier alpha value is -2.10. The normalized spacial score (nSPS) is 10.4. The molecular formula is C14H13F2NO. The summed E-state index contributed by atoms with van der Waals surface area (Å²) >= 11 is 0. The summed E-state index contributed by atoms with van der Waals surface area (Å²) in [6, 6.07) is 9.06. The van der Waals surface area contributed by atoms with Gasteiger partial charge in [-0.3, -0.25) is 0 Å². The fraction of sp³-hybridized carbons (Fsp3) is 0.143. The number of anilines is 1. The van der Waals surface area contributed by atoms with E-state index >= 15 is 0 Å². The second-order valence-corrected chi connectivity index (χ2v) is 4.07. The highest BCUT2D eigenvalue weighted by Gasteiger charge is 2.07. The van der Waals surface area contributed by atoms with E-state index in [-0.39, 0.29) is 17.9 Å². The number of aromatic hydroxyl groups is 1. The molecule has 0 spiro atoms. The number of halogens is 2. The lowest BCUT2D eigenvalue weighted by atomic mass is 10.1. The van der Waals surface area contributed by atoms with Gasteiger partial charge in [0, 0.05) is 17.8 Å². The summed E-state index contributed by atoms with van der Waals surface area (Å²) in [7, 11) is 0. The maximum atomic E-state index is 13.4. The molecule has 18 heavy (non-hydrogen) atoms. The van der Waals surface area contributed by atoms with Crippen LogP contribution in [0.3, 0.4) is 0 Å². The van der Waals surface area contributed by atoms with E-state index in [1.54, 1.807) is 25.1 Å². The van der Waals surface area contributed by atoms with Crippen molar-refractivity contribution in [2.75, 3.05) is 5.32 Å². The molecule has 0 heterocycles. The third-order valence-electron chi connectivity index (χ3n) is 2.71. The van der Waals surface area contributed by atoms with Gasteiger partial charge in [-0.1, -0.05) is 12.1 Å².